The molecule has 0 bridgehead atoms. The van der Waals surface area contributed by atoms with E-state index in [9.17, 15) is 9.90 Å². The Morgan fingerprint density at radius 1 is 1.67 bits per heavy atom. The molecule has 0 radical (unpaired) electrons. The van der Waals surface area contributed by atoms with Crippen LogP contribution < -0.4 is 0 Å². The Balaban J connectivity index is 1.83. The molecule has 1 amide bonds. The summed E-state index contributed by atoms with van der Waals surface area (Å²) in [6, 6.07) is 3.82. The van der Waals surface area contributed by atoms with Gasteiger partial charge in [-0.25, -0.2) is 0 Å². The van der Waals surface area contributed by atoms with E-state index in [2.05, 4.69) is 4.90 Å². The van der Waals surface area contributed by atoms with Crippen molar-refractivity contribution in [2.75, 3.05) is 26.7 Å². The fourth-order valence-electron chi connectivity index (χ4n) is 2.33. The van der Waals surface area contributed by atoms with Crippen LogP contribution in [0.2, 0.25) is 0 Å². The van der Waals surface area contributed by atoms with Gasteiger partial charge < -0.3 is 14.4 Å². The van der Waals surface area contributed by atoms with Gasteiger partial charge in [0.05, 0.1) is 26.0 Å². The van der Waals surface area contributed by atoms with Crippen molar-refractivity contribution in [3.8, 4) is 0 Å². The van der Waals surface area contributed by atoms with Gasteiger partial charge in [0, 0.05) is 13.1 Å². The van der Waals surface area contributed by atoms with E-state index < -0.39 is 0 Å². The van der Waals surface area contributed by atoms with Crippen LogP contribution in [0, 0.1) is 0 Å². The van der Waals surface area contributed by atoms with Crippen LogP contribution in [0.3, 0.4) is 0 Å². The van der Waals surface area contributed by atoms with Gasteiger partial charge >= 0.3 is 0 Å². The largest absolute Gasteiger partial charge is 0.467 e. The minimum atomic E-state index is 0.0618. The number of rotatable bonds is 5. The summed E-state index contributed by atoms with van der Waals surface area (Å²) in [5.41, 5.74) is 0. The van der Waals surface area contributed by atoms with E-state index in [1.54, 1.807) is 18.2 Å². The highest BCUT2D eigenvalue weighted by atomic mass is 16.3. The molecule has 18 heavy (non-hydrogen) atoms. The zero-order chi connectivity index (χ0) is 13.0. The molecule has 2 heterocycles. The summed E-state index contributed by atoms with van der Waals surface area (Å²) in [6.07, 6.45) is 3.64. The third kappa shape index (κ3) is 3.11. The number of carbonyl (C=O) groups excluding carboxylic acids is 1. The van der Waals surface area contributed by atoms with Gasteiger partial charge in [-0.3, -0.25) is 9.69 Å². The third-order valence-corrected chi connectivity index (χ3v) is 3.45. The first kappa shape index (κ1) is 13.1. The van der Waals surface area contributed by atoms with Gasteiger partial charge in [0.25, 0.3) is 0 Å². The Bertz CT molecular complexity index is 378. The summed E-state index contributed by atoms with van der Waals surface area (Å²) < 4.78 is 5.22. The molecule has 1 atom stereocenters. The molecule has 1 fully saturated rings. The molecule has 1 saturated heterocycles. The summed E-state index contributed by atoms with van der Waals surface area (Å²) in [7, 11) is 1.77. The molecular formula is C13H20N2O3. The average Bonchev–Trinajstić information content (AvgIpc) is 2.99. The van der Waals surface area contributed by atoms with Crippen LogP contribution in [0.25, 0.3) is 0 Å². The van der Waals surface area contributed by atoms with Gasteiger partial charge in [0.2, 0.25) is 5.91 Å². The SMILES string of the molecule is CN(Cc1ccco1)C(=O)CN1CCC[C@@H]1CO. The first-order valence-electron chi connectivity index (χ1n) is 6.32. The molecule has 2 rings (SSSR count). The second-order valence-electron chi connectivity index (χ2n) is 4.78. The molecule has 1 aliphatic heterocycles. The third-order valence-electron chi connectivity index (χ3n) is 3.45. The van der Waals surface area contributed by atoms with Gasteiger partial charge in [-0.2, -0.15) is 0 Å². The summed E-state index contributed by atoms with van der Waals surface area (Å²) >= 11 is 0. The van der Waals surface area contributed by atoms with Crippen molar-refractivity contribution in [3.05, 3.63) is 24.2 Å². The van der Waals surface area contributed by atoms with E-state index in [4.69, 9.17) is 4.42 Å². The molecule has 0 aliphatic carbocycles. The van der Waals surface area contributed by atoms with Gasteiger partial charge in [0.15, 0.2) is 0 Å². The molecule has 0 unspecified atom stereocenters. The van der Waals surface area contributed by atoms with Gasteiger partial charge in [-0.15, -0.1) is 0 Å². The number of likely N-dealkylation sites (N-methyl/N-ethyl adjacent to an activating group) is 1. The number of nitrogens with zero attached hydrogens (tertiary/aromatic N) is 2. The maximum absolute atomic E-state index is 12.0. The highest BCUT2D eigenvalue weighted by molar-refractivity contribution is 5.78. The Morgan fingerprint density at radius 2 is 2.50 bits per heavy atom. The van der Waals surface area contributed by atoms with E-state index in [1.165, 1.54) is 0 Å². The van der Waals surface area contributed by atoms with E-state index in [1.807, 2.05) is 12.1 Å². The normalized spacial score (nSPS) is 20.2. The number of hydrogen-bond acceptors (Lipinski definition) is 4. The number of hydrogen-bond donors (Lipinski definition) is 1. The molecule has 1 aromatic rings. The molecule has 1 aromatic heterocycles. The maximum atomic E-state index is 12.0. The molecule has 0 spiro atoms. The van der Waals surface area contributed by atoms with Crippen LogP contribution in [0.15, 0.2) is 22.8 Å². The number of aliphatic hydroxyl groups is 1. The first-order valence-corrected chi connectivity index (χ1v) is 6.32. The maximum Gasteiger partial charge on any atom is 0.236 e. The zero-order valence-electron chi connectivity index (χ0n) is 10.7. The van der Waals surface area contributed by atoms with Gasteiger partial charge in [-0.1, -0.05) is 0 Å². The van der Waals surface area contributed by atoms with E-state index in [0.717, 1.165) is 25.1 Å². The Labute approximate surface area is 107 Å². The van der Waals surface area contributed by atoms with Crippen LogP contribution in [0.1, 0.15) is 18.6 Å². The number of likely N-dealkylation sites (tertiary alicyclic amines) is 1. The van der Waals surface area contributed by atoms with Crippen LogP contribution in [0.4, 0.5) is 0 Å². The monoisotopic (exact) mass is 252 g/mol. The predicted octanol–water partition coefficient (Wildman–Crippen LogP) is 0.695. The molecule has 1 N–H and O–H groups in total. The van der Waals surface area contributed by atoms with Crippen molar-refractivity contribution in [1.82, 2.24) is 9.80 Å². The smallest absolute Gasteiger partial charge is 0.236 e. The fourth-order valence-corrected chi connectivity index (χ4v) is 2.33. The second-order valence-corrected chi connectivity index (χ2v) is 4.78. The topological polar surface area (TPSA) is 56.9 Å². The zero-order valence-corrected chi connectivity index (χ0v) is 10.7. The number of amides is 1. The lowest BCUT2D eigenvalue weighted by atomic mass is 10.2. The summed E-state index contributed by atoms with van der Waals surface area (Å²) in [5.74, 6) is 0.845. The standard InChI is InChI=1S/C13H20N2O3/c1-14(8-12-5-3-7-18-12)13(17)9-15-6-2-4-11(15)10-16/h3,5,7,11,16H,2,4,6,8-10H2,1H3/t11-/m1/s1. The number of furan rings is 1. The Kier molecular flexibility index (Phi) is 4.38. The Hall–Kier alpha value is -1.33. The highest BCUT2D eigenvalue weighted by Gasteiger charge is 2.26. The van der Waals surface area contributed by atoms with Gasteiger partial charge in [-0.05, 0) is 31.5 Å². The second kappa shape index (κ2) is 6.02. The fraction of sp³-hybridized carbons (Fsp3) is 0.615. The molecule has 1 aliphatic rings. The van der Waals surface area contributed by atoms with Crippen molar-refractivity contribution in [1.29, 1.82) is 0 Å². The minimum Gasteiger partial charge on any atom is -0.467 e. The van der Waals surface area contributed by atoms with Gasteiger partial charge in [0.1, 0.15) is 5.76 Å². The molecular weight excluding hydrogens is 232 g/mol. The van der Waals surface area contributed by atoms with Crippen molar-refractivity contribution < 1.29 is 14.3 Å². The first-order chi connectivity index (χ1) is 8.70. The van der Waals surface area contributed by atoms with E-state index in [-0.39, 0.29) is 18.6 Å². The molecule has 5 heteroatoms. The van der Waals surface area contributed by atoms with E-state index in [0.29, 0.717) is 13.1 Å². The molecule has 5 nitrogen and oxygen atoms in total. The van der Waals surface area contributed by atoms with Crippen molar-refractivity contribution in [2.45, 2.75) is 25.4 Å². The number of carbonyl (C=O) groups is 1. The lowest BCUT2D eigenvalue weighted by Gasteiger charge is -2.24. The number of aliphatic hydroxyl groups excluding tert-OH is 1. The van der Waals surface area contributed by atoms with E-state index >= 15 is 0 Å². The summed E-state index contributed by atoms with van der Waals surface area (Å²) in [6.45, 7) is 1.90. The van der Waals surface area contributed by atoms with Crippen molar-refractivity contribution in [3.63, 3.8) is 0 Å². The van der Waals surface area contributed by atoms with Crippen LogP contribution in [-0.4, -0.2) is 53.6 Å². The summed E-state index contributed by atoms with van der Waals surface area (Å²) in [5, 5.41) is 9.21. The highest BCUT2D eigenvalue weighted by Crippen LogP contribution is 2.16. The Morgan fingerprint density at radius 3 is 3.17 bits per heavy atom. The lowest BCUT2D eigenvalue weighted by Crippen LogP contribution is -2.41. The van der Waals surface area contributed by atoms with Crippen LogP contribution in [-0.2, 0) is 11.3 Å². The molecule has 100 valence electrons. The summed E-state index contributed by atoms with van der Waals surface area (Å²) in [4.78, 5) is 15.8. The quantitative estimate of drug-likeness (QED) is 0.838. The van der Waals surface area contributed by atoms with Crippen LogP contribution >= 0.6 is 0 Å². The van der Waals surface area contributed by atoms with Crippen molar-refractivity contribution >= 4 is 5.91 Å². The van der Waals surface area contributed by atoms with Crippen molar-refractivity contribution in [2.24, 2.45) is 0 Å². The average molecular weight is 252 g/mol. The molecule has 0 saturated carbocycles. The predicted molar refractivity (Wildman–Crippen MR) is 66.9 cm³/mol. The lowest BCUT2D eigenvalue weighted by molar-refractivity contribution is -0.132. The molecule has 0 aromatic carbocycles. The van der Waals surface area contributed by atoms with Crippen LogP contribution in [0.5, 0.6) is 0 Å². The minimum absolute atomic E-state index is 0.0618.